The number of rotatable bonds is 7. The molecule has 0 radical (unpaired) electrons. The van der Waals surface area contributed by atoms with Crippen molar-refractivity contribution < 1.29 is 0 Å². The molecule has 0 aliphatic rings. The Labute approximate surface area is 128 Å². The van der Waals surface area contributed by atoms with Crippen LogP contribution in [0.2, 0.25) is 0 Å². The molecule has 0 heterocycles. The minimum absolute atomic E-state index is 0.103. The van der Waals surface area contributed by atoms with Crippen molar-refractivity contribution in [3.8, 4) is 0 Å². The second-order valence-electron chi connectivity index (χ2n) is 5.88. The second-order valence-corrected chi connectivity index (χ2v) is 5.88. The predicted molar refractivity (Wildman–Crippen MR) is 90.1 cm³/mol. The van der Waals surface area contributed by atoms with Crippen LogP contribution in [0.15, 0.2) is 60.7 Å². The van der Waals surface area contributed by atoms with E-state index in [-0.39, 0.29) is 6.04 Å². The fourth-order valence-electron chi connectivity index (χ4n) is 2.65. The predicted octanol–water partition coefficient (Wildman–Crippen LogP) is 4.21. The molecular formula is C19H26N2. The highest BCUT2D eigenvalue weighted by Crippen LogP contribution is 2.24. The smallest absolute Gasteiger partial charge is 0.0323 e. The molecule has 0 aliphatic carbocycles. The van der Waals surface area contributed by atoms with Gasteiger partial charge in [-0.2, -0.15) is 0 Å². The zero-order chi connectivity index (χ0) is 15.1. The lowest BCUT2D eigenvalue weighted by Crippen LogP contribution is -2.29. The van der Waals surface area contributed by atoms with Crippen molar-refractivity contribution in [2.75, 3.05) is 0 Å². The summed E-state index contributed by atoms with van der Waals surface area (Å²) in [5, 5.41) is 3.65. The van der Waals surface area contributed by atoms with Gasteiger partial charge in [0.2, 0.25) is 0 Å². The molecule has 0 bridgehead atoms. The van der Waals surface area contributed by atoms with Crippen LogP contribution in [-0.2, 0) is 0 Å². The van der Waals surface area contributed by atoms with Crippen LogP contribution in [0, 0.1) is 0 Å². The Kier molecular flexibility index (Phi) is 5.97. The van der Waals surface area contributed by atoms with Crippen LogP contribution >= 0.6 is 0 Å². The summed E-state index contributed by atoms with van der Waals surface area (Å²) in [5.41, 5.74) is 8.88. The molecule has 0 saturated heterocycles. The summed E-state index contributed by atoms with van der Waals surface area (Å²) in [6.07, 6.45) is 2.02. The van der Waals surface area contributed by atoms with E-state index >= 15 is 0 Å². The third-order valence-corrected chi connectivity index (χ3v) is 3.73. The molecule has 112 valence electrons. The van der Waals surface area contributed by atoms with E-state index in [0.29, 0.717) is 12.1 Å². The van der Waals surface area contributed by atoms with Crippen LogP contribution in [0.1, 0.15) is 49.9 Å². The van der Waals surface area contributed by atoms with Gasteiger partial charge in [-0.3, -0.25) is 0 Å². The van der Waals surface area contributed by atoms with Gasteiger partial charge in [-0.1, -0.05) is 74.5 Å². The van der Waals surface area contributed by atoms with E-state index in [1.54, 1.807) is 0 Å². The molecule has 2 rings (SSSR count). The van der Waals surface area contributed by atoms with E-state index in [1.807, 2.05) is 6.07 Å². The monoisotopic (exact) mass is 282 g/mol. The Hall–Kier alpha value is -1.64. The number of nitrogens with two attached hydrogens (primary N) is 1. The maximum atomic E-state index is 6.32. The lowest BCUT2D eigenvalue weighted by atomic mass is 9.96. The number of nitrogens with one attached hydrogen (secondary N) is 1. The Bertz CT molecular complexity index is 508. The molecule has 2 heteroatoms. The molecule has 2 nitrogen and oxygen atoms in total. The first-order chi connectivity index (χ1) is 10.2. The van der Waals surface area contributed by atoms with Gasteiger partial charge < -0.3 is 11.1 Å². The molecule has 0 amide bonds. The average molecular weight is 282 g/mol. The van der Waals surface area contributed by atoms with Gasteiger partial charge in [0.05, 0.1) is 0 Å². The van der Waals surface area contributed by atoms with Gasteiger partial charge in [0.15, 0.2) is 0 Å². The molecular weight excluding hydrogens is 256 g/mol. The van der Waals surface area contributed by atoms with E-state index in [9.17, 15) is 0 Å². The maximum Gasteiger partial charge on any atom is 0.0323 e. The molecule has 2 aromatic carbocycles. The molecule has 21 heavy (non-hydrogen) atoms. The highest BCUT2D eigenvalue weighted by molar-refractivity contribution is 5.20. The normalized spacial score (nSPS) is 14.1. The lowest BCUT2D eigenvalue weighted by molar-refractivity contribution is 0.425. The van der Waals surface area contributed by atoms with Crippen LogP contribution in [0.3, 0.4) is 0 Å². The zero-order valence-electron chi connectivity index (χ0n) is 13.0. The molecule has 3 N–H and O–H groups in total. The Morgan fingerprint density at radius 2 is 1.33 bits per heavy atom. The average Bonchev–Trinajstić information content (AvgIpc) is 2.52. The van der Waals surface area contributed by atoms with E-state index in [4.69, 9.17) is 5.73 Å². The van der Waals surface area contributed by atoms with Crippen molar-refractivity contribution in [2.24, 2.45) is 5.73 Å². The highest BCUT2D eigenvalue weighted by Gasteiger charge is 2.14. The third kappa shape index (κ3) is 5.00. The highest BCUT2D eigenvalue weighted by atomic mass is 14.9. The third-order valence-electron chi connectivity index (χ3n) is 3.73. The molecule has 2 unspecified atom stereocenters. The largest absolute Gasteiger partial charge is 0.324 e. The molecule has 2 aromatic rings. The van der Waals surface area contributed by atoms with Crippen LogP contribution in [-0.4, -0.2) is 6.04 Å². The fraction of sp³-hybridized carbons (Fsp3) is 0.368. The summed E-state index contributed by atoms with van der Waals surface area (Å²) in [5.74, 6) is 0. The number of benzene rings is 2. The second kappa shape index (κ2) is 7.96. The molecule has 0 aromatic heterocycles. The quantitative estimate of drug-likeness (QED) is 0.798. The molecule has 0 spiro atoms. The van der Waals surface area contributed by atoms with E-state index in [1.165, 1.54) is 11.1 Å². The number of hydrogen-bond donors (Lipinski definition) is 2. The van der Waals surface area contributed by atoms with Gasteiger partial charge in [-0.05, 0) is 24.0 Å². The van der Waals surface area contributed by atoms with Gasteiger partial charge in [0.1, 0.15) is 0 Å². The summed E-state index contributed by atoms with van der Waals surface area (Å²) in [4.78, 5) is 0. The van der Waals surface area contributed by atoms with Crippen LogP contribution in [0.4, 0.5) is 0 Å². The first-order valence-electron chi connectivity index (χ1n) is 7.78. The molecule has 0 saturated carbocycles. The molecule has 2 atom stereocenters. The summed E-state index contributed by atoms with van der Waals surface area (Å²) in [6, 6.07) is 21.9. The van der Waals surface area contributed by atoms with Crippen LogP contribution < -0.4 is 11.1 Å². The molecule has 0 aliphatic heterocycles. The summed E-state index contributed by atoms with van der Waals surface area (Å²) >= 11 is 0. The summed E-state index contributed by atoms with van der Waals surface area (Å²) < 4.78 is 0. The standard InChI is InChI=1S/C19H26N2/c1-15(2)21-19(17-11-7-4-8-12-17)14-13-18(20)16-9-5-3-6-10-16/h3-12,15,18-19,21H,13-14,20H2,1-2H3. The van der Waals surface area contributed by atoms with E-state index in [2.05, 4.69) is 73.8 Å². The number of hydrogen-bond acceptors (Lipinski definition) is 2. The Balaban J connectivity index is 1.99. The van der Waals surface area contributed by atoms with Crippen molar-refractivity contribution in [3.63, 3.8) is 0 Å². The van der Waals surface area contributed by atoms with Crippen molar-refractivity contribution in [1.29, 1.82) is 0 Å². The van der Waals surface area contributed by atoms with Gasteiger partial charge in [0.25, 0.3) is 0 Å². The van der Waals surface area contributed by atoms with Crippen LogP contribution in [0.25, 0.3) is 0 Å². The maximum absolute atomic E-state index is 6.32. The van der Waals surface area contributed by atoms with E-state index < -0.39 is 0 Å². The van der Waals surface area contributed by atoms with Gasteiger partial charge >= 0.3 is 0 Å². The van der Waals surface area contributed by atoms with Gasteiger partial charge in [-0.15, -0.1) is 0 Å². The summed E-state index contributed by atoms with van der Waals surface area (Å²) in [7, 11) is 0. The first-order valence-corrected chi connectivity index (χ1v) is 7.78. The van der Waals surface area contributed by atoms with Gasteiger partial charge in [0, 0.05) is 18.1 Å². The van der Waals surface area contributed by atoms with Gasteiger partial charge in [-0.25, -0.2) is 0 Å². The van der Waals surface area contributed by atoms with Crippen molar-refractivity contribution in [3.05, 3.63) is 71.8 Å². The van der Waals surface area contributed by atoms with E-state index in [0.717, 1.165) is 12.8 Å². The fourth-order valence-corrected chi connectivity index (χ4v) is 2.65. The van der Waals surface area contributed by atoms with Crippen molar-refractivity contribution in [1.82, 2.24) is 5.32 Å². The van der Waals surface area contributed by atoms with Crippen molar-refractivity contribution in [2.45, 2.75) is 44.8 Å². The SMILES string of the molecule is CC(C)NC(CCC(N)c1ccccc1)c1ccccc1. The Morgan fingerprint density at radius 1 is 0.810 bits per heavy atom. The lowest BCUT2D eigenvalue weighted by Gasteiger charge is -2.23. The minimum Gasteiger partial charge on any atom is -0.324 e. The zero-order valence-corrected chi connectivity index (χ0v) is 13.0. The van der Waals surface area contributed by atoms with Crippen LogP contribution in [0.5, 0.6) is 0 Å². The topological polar surface area (TPSA) is 38.0 Å². The van der Waals surface area contributed by atoms with Crippen molar-refractivity contribution >= 4 is 0 Å². The molecule has 0 fully saturated rings. The summed E-state index contributed by atoms with van der Waals surface area (Å²) in [6.45, 7) is 4.38. The Morgan fingerprint density at radius 3 is 1.86 bits per heavy atom. The minimum atomic E-state index is 0.103. The first kappa shape index (κ1) is 15.7.